The molecule has 0 aromatic rings. The Hall–Kier alpha value is -1.11. The minimum Gasteiger partial charge on any atom is -0.565 e. The molecule has 54 valence electrons. The molecule has 10 heavy (non-hydrogen) atoms. The van der Waals surface area contributed by atoms with Gasteiger partial charge in [-0.1, -0.05) is 13.3 Å². The zero-order valence-corrected chi connectivity index (χ0v) is 6.09. The van der Waals surface area contributed by atoms with Crippen LogP contribution in [0.25, 0.3) is 0 Å². The van der Waals surface area contributed by atoms with E-state index in [-0.39, 0.29) is 0 Å². The predicted molar refractivity (Wildman–Crippen MR) is 42.5 cm³/mol. The summed E-state index contributed by atoms with van der Waals surface area (Å²) < 4.78 is 0. The molecule has 0 bridgehead atoms. The summed E-state index contributed by atoms with van der Waals surface area (Å²) >= 11 is 0. The second-order valence-corrected chi connectivity index (χ2v) is 2.28. The minimum atomic E-state index is 0.338. The van der Waals surface area contributed by atoms with E-state index in [4.69, 9.17) is 0 Å². The van der Waals surface area contributed by atoms with Crippen LogP contribution in [0.3, 0.4) is 0 Å². The van der Waals surface area contributed by atoms with Crippen molar-refractivity contribution >= 4 is 0 Å². The lowest BCUT2D eigenvalue weighted by molar-refractivity contribution is 0.418. The highest BCUT2D eigenvalue weighted by atomic mass is 16.3. The second kappa shape index (κ2) is 2.65. The first-order chi connectivity index (χ1) is 4.75. The van der Waals surface area contributed by atoms with Gasteiger partial charge < -0.3 is 5.11 Å². The fourth-order valence-corrected chi connectivity index (χ4v) is 0.930. The van der Waals surface area contributed by atoms with Crippen LogP contribution in [0.4, 0.5) is 0 Å². The fraction of sp³-hybridized carbons (Fsp3) is 0.222. The van der Waals surface area contributed by atoms with Crippen LogP contribution in [0.5, 0.6) is 0 Å². The van der Waals surface area contributed by atoms with Crippen LogP contribution in [0.2, 0.25) is 0 Å². The molecule has 0 amide bonds. The average molecular weight is 135 g/mol. The van der Waals surface area contributed by atoms with E-state index in [0.29, 0.717) is 11.3 Å². The summed E-state index contributed by atoms with van der Waals surface area (Å²) in [5.41, 5.74) is 1.67. The maximum absolute atomic E-state index is 9.34. The fourth-order valence-electron chi connectivity index (χ4n) is 0.930. The monoisotopic (exact) mass is 135 g/mol. The SMILES string of the molecule is C=C1C=C[CH-]C(CC)=C1O. The zero-order chi connectivity index (χ0) is 7.56. The molecule has 0 aromatic heterocycles. The first-order valence-corrected chi connectivity index (χ1v) is 3.38. The van der Waals surface area contributed by atoms with Gasteiger partial charge in [0.1, 0.15) is 0 Å². The second-order valence-electron chi connectivity index (χ2n) is 2.28. The van der Waals surface area contributed by atoms with Crippen LogP contribution in [0.15, 0.2) is 35.6 Å². The molecule has 1 N–H and O–H groups in total. The third kappa shape index (κ3) is 1.08. The van der Waals surface area contributed by atoms with E-state index in [9.17, 15) is 5.11 Å². The number of hydrogen-bond donors (Lipinski definition) is 1. The number of hydrogen-bond acceptors (Lipinski definition) is 1. The normalized spacial score (nSPS) is 17.5. The van der Waals surface area contributed by atoms with Gasteiger partial charge in [0.25, 0.3) is 0 Å². The maximum atomic E-state index is 9.34. The number of allylic oxidation sites excluding steroid dienone is 3. The summed E-state index contributed by atoms with van der Waals surface area (Å²) in [6, 6.07) is 0. The molecule has 0 saturated carbocycles. The summed E-state index contributed by atoms with van der Waals surface area (Å²) in [5.74, 6) is 0.338. The van der Waals surface area contributed by atoms with Crippen LogP contribution in [0, 0.1) is 6.42 Å². The first kappa shape index (κ1) is 7.00. The third-order valence-corrected chi connectivity index (χ3v) is 1.58. The Morgan fingerprint density at radius 3 is 2.90 bits per heavy atom. The Labute approximate surface area is 61.4 Å². The van der Waals surface area contributed by atoms with Gasteiger partial charge in [0.05, 0.1) is 0 Å². The lowest BCUT2D eigenvalue weighted by Gasteiger charge is -2.20. The molecule has 0 saturated heterocycles. The Bertz CT molecular complexity index is 209. The van der Waals surface area contributed by atoms with Gasteiger partial charge in [-0.25, -0.2) is 0 Å². The molecule has 0 spiro atoms. The summed E-state index contributed by atoms with van der Waals surface area (Å²) in [7, 11) is 0. The highest BCUT2D eigenvalue weighted by Gasteiger charge is 1.97. The maximum Gasteiger partial charge on any atom is 0.0132 e. The number of aliphatic hydroxyl groups excluding tert-OH is 1. The van der Waals surface area contributed by atoms with Gasteiger partial charge in [-0.3, -0.25) is 0 Å². The van der Waals surface area contributed by atoms with Crippen molar-refractivity contribution in [2.45, 2.75) is 13.3 Å². The van der Waals surface area contributed by atoms with E-state index >= 15 is 0 Å². The standard InChI is InChI=1S/C9H11O/c1-3-8-6-4-5-7(2)9(8)10/h4-6,10H,2-3H2,1H3/q-1. The van der Waals surface area contributed by atoms with Crippen molar-refractivity contribution in [1.29, 1.82) is 0 Å². The molecule has 1 aliphatic carbocycles. The van der Waals surface area contributed by atoms with Crippen molar-refractivity contribution in [3.05, 3.63) is 42.1 Å². The third-order valence-electron chi connectivity index (χ3n) is 1.58. The van der Waals surface area contributed by atoms with Crippen LogP contribution in [-0.2, 0) is 0 Å². The van der Waals surface area contributed by atoms with Crippen molar-refractivity contribution in [2.75, 3.05) is 0 Å². The molecule has 1 nitrogen and oxygen atoms in total. The molecule has 0 aromatic carbocycles. The Kier molecular flexibility index (Phi) is 1.86. The smallest absolute Gasteiger partial charge is 0.0132 e. The van der Waals surface area contributed by atoms with Gasteiger partial charge in [0.2, 0.25) is 0 Å². The van der Waals surface area contributed by atoms with Crippen molar-refractivity contribution in [2.24, 2.45) is 0 Å². The number of rotatable bonds is 1. The van der Waals surface area contributed by atoms with E-state index in [2.05, 4.69) is 6.58 Å². The van der Waals surface area contributed by atoms with E-state index in [1.54, 1.807) is 6.08 Å². The average Bonchev–Trinajstić information content (AvgIpc) is 1.95. The zero-order valence-electron chi connectivity index (χ0n) is 6.09. The van der Waals surface area contributed by atoms with E-state index < -0.39 is 0 Å². The van der Waals surface area contributed by atoms with Gasteiger partial charge >= 0.3 is 0 Å². The molecule has 0 aliphatic heterocycles. The number of aliphatic hydroxyl groups is 1. The van der Waals surface area contributed by atoms with Crippen molar-refractivity contribution in [3.8, 4) is 0 Å². The Morgan fingerprint density at radius 2 is 2.40 bits per heavy atom. The van der Waals surface area contributed by atoms with Crippen LogP contribution < -0.4 is 0 Å². The van der Waals surface area contributed by atoms with Gasteiger partial charge in [-0.15, -0.1) is 17.7 Å². The summed E-state index contributed by atoms with van der Waals surface area (Å²) in [4.78, 5) is 0. The summed E-state index contributed by atoms with van der Waals surface area (Å²) in [6.07, 6.45) is 6.47. The molecule has 0 unspecified atom stereocenters. The Balaban J connectivity index is 2.87. The molecule has 0 radical (unpaired) electrons. The van der Waals surface area contributed by atoms with E-state index in [1.807, 2.05) is 19.4 Å². The minimum absolute atomic E-state index is 0.338. The molecule has 0 fully saturated rings. The first-order valence-electron chi connectivity index (χ1n) is 3.38. The topological polar surface area (TPSA) is 20.2 Å². The van der Waals surface area contributed by atoms with Gasteiger partial charge in [-0.05, 0) is 0 Å². The highest BCUT2D eigenvalue weighted by molar-refractivity contribution is 5.45. The quantitative estimate of drug-likeness (QED) is 0.548. The molecular weight excluding hydrogens is 124 g/mol. The van der Waals surface area contributed by atoms with Crippen molar-refractivity contribution in [3.63, 3.8) is 0 Å². The van der Waals surface area contributed by atoms with Crippen LogP contribution >= 0.6 is 0 Å². The molecule has 0 heterocycles. The van der Waals surface area contributed by atoms with Crippen molar-refractivity contribution < 1.29 is 5.11 Å². The largest absolute Gasteiger partial charge is 0.565 e. The van der Waals surface area contributed by atoms with Crippen LogP contribution in [0.1, 0.15) is 13.3 Å². The molecule has 1 rings (SSSR count). The van der Waals surface area contributed by atoms with E-state index in [0.717, 1.165) is 12.0 Å². The predicted octanol–water partition coefficient (Wildman–Crippen LogP) is 2.54. The molecule has 0 atom stereocenters. The highest BCUT2D eigenvalue weighted by Crippen LogP contribution is 2.21. The summed E-state index contributed by atoms with van der Waals surface area (Å²) in [5, 5.41) is 9.34. The molecule has 1 heteroatoms. The van der Waals surface area contributed by atoms with Crippen LogP contribution in [-0.4, -0.2) is 5.11 Å². The summed E-state index contributed by atoms with van der Waals surface area (Å²) in [6.45, 7) is 5.69. The van der Waals surface area contributed by atoms with E-state index in [1.165, 1.54) is 0 Å². The van der Waals surface area contributed by atoms with Gasteiger partial charge in [-0.2, -0.15) is 18.6 Å². The van der Waals surface area contributed by atoms with Crippen molar-refractivity contribution in [1.82, 2.24) is 0 Å². The van der Waals surface area contributed by atoms with Gasteiger partial charge in [0.15, 0.2) is 0 Å². The Morgan fingerprint density at radius 1 is 1.70 bits per heavy atom. The lowest BCUT2D eigenvalue weighted by Crippen LogP contribution is -1.96. The van der Waals surface area contributed by atoms with Gasteiger partial charge in [0, 0.05) is 5.76 Å². The lowest BCUT2D eigenvalue weighted by atomic mass is 9.99. The molecule has 1 aliphatic rings. The molecular formula is C9H11O-.